The maximum absolute atomic E-state index is 12.5. The van der Waals surface area contributed by atoms with E-state index in [4.69, 9.17) is 27.9 Å². The number of para-hydroxylation sites is 2. The first kappa shape index (κ1) is 18.6. The molecular formula is C20H20Cl2N2O2. The van der Waals surface area contributed by atoms with Crippen LogP contribution < -0.4 is 9.64 Å². The molecule has 0 unspecified atom stereocenters. The summed E-state index contributed by atoms with van der Waals surface area (Å²) < 4.78 is 5.42. The lowest BCUT2D eigenvalue weighted by Gasteiger charge is -2.36. The zero-order valence-corrected chi connectivity index (χ0v) is 16.0. The van der Waals surface area contributed by atoms with Gasteiger partial charge >= 0.3 is 0 Å². The van der Waals surface area contributed by atoms with Gasteiger partial charge < -0.3 is 14.5 Å². The van der Waals surface area contributed by atoms with E-state index in [1.54, 1.807) is 31.4 Å². The number of hydrogen-bond donors (Lipinski definition) is 0. The number of hydrogen-bond acceptors (Lipinski definition) is 3. The van der Waals surface area contributed by atoms with Crippen molar-refractivity contribution in [1.82, 2.24) is 4.90 Å². The van der Waals surface area contributed by atoms with E-state index in [0.717, 1.165) is 24.5 Å². The third kappa shape index (κ3) is 4.14. The Labute approximate surface area is 163 Å². The zero-order chi connectivity index (χ0) is 18.5. The molecule has 4 nitrogen and oxygen atoms in total. The summed E-state index contributed by atoms with van der Waals surface area (Å²) in [5.74, 6) is 0.807. The van der Waals surface area contributed by atoms with E-state index in [1.807, 2.05) is 29.2 Å². The van der Waals surface area contributed by atoms with Gasteiger partial charge in [0, 0.05) is 47.9 Å². The van der Waals surface area contributed by atoms with E-state index in [-0.39, 0.29) is 5.91 Å². The molecule has 6 heteroatoms. The van der Waals surface area contributed by atoms with Crippen LogP contribution in [0.15, 0.2) is 48.5 Å². The Balaban J connectivity index is 1.63. The van der Waals surface area contributed by atoms with Gasteiger partial charge in [-0.2, -0.15) is 0 Å². The zero-order valence-electron chi connectivity index (χ0n) is 14.5. The summed E-state index contributed by atoms with van der Waals surface area (Å²) in [5, 5.41) is 1.06. The molecule has 1 saturated heterocycles. The molecule has 3 rings (SSSR count). The third-order valence-electron chi connectivity index (χ3n) is 4.41. The number of amides is 1. The molecule has 0 aliphatic carbocycles. The summed E-state index contributed by atoms with van der Waals surface area (Å²) in [6.07, 6.45) is 3.21. The fourth-order valence-corrected chi connectivity index (χ4v) is 3.51. The highest BCUT2D eigenvalue weighted by molar-refractivity contribution is 6.37. The molecule has 1 amide bonds. The van der Waals surface area contributed by atoms with E-state index in [1.165, 1.54) is 6.08 Å². The fourth-order valence-electron chi connectivity index (χ4n) is 2.99. The van der Waals surface area contributed by atoms with Gasteiger partial charge in [-0.1, -0.05) is 41.4 Å². The van der Waals surface area contributed by atoms with Crippen molar-refractivity contribution in [3.63, 3.8) is 0 Å². The number of nitrogens with zero attached hydrogens (tertiary/aromatic N) is 2. The van der Waals surface area contributed by atoms with Crippen molar-refractivity contribution in [2.45, 2.75) is 0 Å². The molecule has 0 saturated carbocycles. The Morgan fingerprint density at radius 2 is 1.65 bits per heavy atom. The number of carbonyl (C=O) groups is 1. The van der Waals surface area contributed by atoms with E-state index < -0.39 is 0 Å². The molecule has 0 bridgehead atoms. The SMILES string of the molecule is COc1ccccc1N1CCN(C(=O)C=Cc2c(Cl)cccc2Cl)CC1. The number of ether oxygens (including phenoxy) is 1. The summed E-state index contributed by atoms with van der Waals surface area (Å²) in [5.41, 5.74) is 1.72. The third-order valence-corrected chi connectivity index (χ3v) is 5.07. The lowest BCUT2D eigenvalue weighted by atomic mass is 10.2. The van der Waals surface area contributed by atoms with E-state index in [0.29, 0.717) is 28.7 Å². The lowest BCUT2D eigenvalue weighted by molar-refractivity contribution is -0.126. The molecular weight excluding hydrogens is 371 g/mol. The normalized spacial score (nSPS) is 14.7. The Hall–Kier alpha value is -2.17. The molecule has 1 aliphatic heterocycles. The van der Waals surface area contributed by atoms with Crippen LogP contribution in [-0.4, -0.2) is 44.1 Å². The van der Waals surface area contributed by atoms with Gasteiger partial charge in [0.1, 0.15) is 5.75 Å². The van der Waals surface area contributed by atoms with Crippen molar-refractivity contribution in [3.8, 4) is 5.75 Å². The predicted molar refractivity (Wildman–Crippen MR) is 107 cm³/mol. The van der Waals surface area contributed by atoms with Gasteiger partial charge in [0.25, 0.3) is 0 Å². The van der Waals surface area contributed by atoms with Gasteiger partial charge in [0.2, 0.25) is 5.91 Å². The summed E-state index contributed by atoms with van der Waals surface area (Å²) in [6.45, 7) is 2.81. The van der Waals surface area contributed by atoms with Crippen LogP contribution in [0, 0.1) is 0 Å². The molecule has 0 aromatic heterocycles. The topological polar surface area (TPSA) is 32.8 Å². The lowest BCUT2D eigenvalue weighted by Crippen LogP contribution is -2.48. The summed E-state index contributed by atoms with van der Waals surface area (Å²) in [7, 11) is 1.67. The van der Waals surface area contributed by atoms with Crippen molar-refractivity contribution in [2.75, 3.05) is 38.2 Å². The maximum Gasteiger partial charge on any atom is 0.246 e. The van der Waals surface area contributed by atoms with Crippen molar-refractivity contribution in [3.05, 3.63) is 64.1 Å². The van der Waals surface area contributed by atoms with Crippen LogP contribution in [0.25, 0.3) is 6.08 Å². The van der Waals surface area contributed by atoms with Crippen molar-refractivity contribution < 1.29 is 9.53 Å². The number of carbonyl (C=O) groups excluding carboxylic acids is 1. The smallest absolute Gasteiger partial charge is 0.246 e. The van der Waals surface area contributed by atoms with Crippen LogP contribution in [-0.2, 0) is 4.79 Å². The average molecular weight is 391 g/mol. The highest BCUT2D eigenvalue weighted by atomic mass is 35.5. The second-order valence-electron chi connectivity index (χ2n) is 5.95. The van der Waals surface area contributed by atoms with Gasteiger partial charge in [-0.25, -0.2) is 0 Å². The number of anilines is 1. The molecule has 0 atom stereocenters. The van der Waals surface area contributed by atoms with Gasteiger partial charge in [-0.3, -0.25) is 4.79 Å². The van der Waals surface area contributed by atoms with Gasteiger partial charge in [-0.15, -0.1) is 0 Å². The van der Waals surface area contributed by atoms with E-state index in [9.17, 15) is 4.79 Å². The van der Waals surface area contributed by atoms with Crippen LogP contribution in [0.5, 0.6) is 5.75 Å². The molecule has 2 aromatic rings. The molecule has 1 heterocycles. The number of rotatable bonds is 4. The van der Waals surface area contributed by atoms with Crippen molar-refractivity contribution in [2.24, 2.45) is 0 Å². The highest BCUT2D eigenvalue weighted by Gasteiger charge is 2.21. The maximum atomic E-state index is 12.5. The van der Waals surface area contributed by atoms with Gasteiger partial charge in [-0.05, 0) is 30.3 Å². The fraction of sp³-hybridized carbons (Fsp3) is 0.250. The second-order valence-corrected chi connectivity index (χ2v) is 6.77. The van der Waals surface area contributed by atoms with Crippen LogP contribution in [0.2, 0.25) is 10.0 Å². The van der Waals surface area contributed by atoms with Crippen LogP contribution in [0.1, 0.15) is 5.56 Å². The first-order chi connectivity index (χ1) is 12.6. The van der Waals surface area contributed by atoms with Crippen molar-refractivity contribution in [1.29, 1.82) is 0 Å². The molecule has 26 heavy (non-hydrogen) atoms. The Bertz CT molecular complexity index is 795. The molecule has 2 aromatic carbocycles. The Kier molecular flexibility index (Phi) is 6.07. The first-order valence-electron chi connectivity index (χ1n) is 8.39. The Morgan fingerprint density at radius 3 is 2.31 bits per heavy atom. The minimum Gasteiger partial charge on any atom is -0.495 e. The molecule has 1 fully saturated rings. The van der Waals surface area contributed by atoms with Gasteiger partial charge in [0.15, 0.2) is 0 Å². The number of halogens is 2. The highest BCUT2D eigenvalue weighted by Crippen LogP contribution is 2.28. The summed E-state index contributed by atoms with van der Waals surface area (Å²) >= 11 is 12.3. The monoisotopic (exact) mass is 390 g/mol. The minimum atomic E-state index is -0.0411. The minimum absolute atomic E-state index is 0.0411. The molecule has 0 radical (unpaired) electrons. The molecule has 0 N–H and O–H groups in total. The number of benzene rings is 2. The molecule has 0 spiro atoms. The van der Waals surface area contributed by atoms with Crippen molar-refractivity contribution >= 4 is 40.9 Å². The van der Waals surface area contributed by atoms with E-state index >= 15 is 0 Å². The predicted octanol–water partition coefficient (Wildman–Crippen LogP) is 4.36. The van der Waals surface area contributed by atoms with Gasteiger partial charge in [0.05, 0.1) is 12.8 Å². The number of methoxy groups -OCH3 is 1. The average Bonchev–Trinajstić information content (AvgIpc) is 2.67. The van der Waals surface area contributed by atoms with E-state index in [2.05, 4.69) is 4.90 Å². The van der Waals surface area contributed by atoms with Crippen LogP contribution in [0.3, 0.4) is 0 Å². The second kappa shape index (κ2) is 8.47. The van der Waals surface area contributed by atoms with Crippen LogP contribution >= 0.6 is 23.2 Å². The number of piperazine rings is 1. The van der Waals surface area contributed by atoms with Crippen LogP contribution in [0.4, 0.5) is 5.69 Å². The standard InChI is InChI=1S/C20H20Cl2N2O2/c1-26-19-8-3-2-7-18(19)23-11-13-24(14-12-23)20(25)10-9-15-16(21)5-4-6-17(15)22/h2-10H,11-14H2,1H3. The largest absolute Gasteiger partial charge is 0.495 e. The first-order valence-corrected chi connectivity index (χ1v) is 9.14. The molecule has 1 aliphatic rings. The summed E-state index contributed by atoms with van der Waals surface area (Å²) in [4.78, 5) is 16.5. The molecule has 136 valence electrons. The summed E-state index contributed by atoms with van der Waals surface area (Å²) in [6, 6.07) is 13.2. The Morgan fingerprint density at radius 1 is 1.00 bits per heavy atom. The quantitative estimate of drug-likeness (QED) is 0.726.